The van der Waals surface area contributed by atoms with Gasteiger partial charge in [-0.3, -0.25) is 0 Å². The molecule has 0 bridgehead atoms. The van der Waals surface area contributed by atoms with Gasteiger partial charge >= 0.3 is 0 Å². The number of benzene rings is 3. The van der Waals surface area contributed by atoms with Crippen LogP contribution in [0.3, 0.4) is 0 Å². The number of fused-ring (bicyclic) bond motifs is 1. The molecule has 0 amide bonds. The van der Waals surface area contributed by atoms with Crippen LogP contribution in [0.25, 0.3) is 16.9 Å². The Labute approximate surface area is 216 Å². The van der Waals surface area contributed by atoms with E-state index in [-0.39, 0.29) is 0 Å². The number of aromatic nitrogens is 2. The van der Waals surface area contributed by atoms with Crippen LogP contribution in [-0.4, -0.2) is 22.4 Å². The summed E-state index contributed by atoms with van der Waals surface area (Å²) in [5, 5.41) is 8.77. The smallest absolute Gasteiger partial charge is 0.0794 e. The van der Waals surface area contributed by atoms with Crippen LogP contribution in [0, 0.1) is 13.8 Å². The van der Waals surface area contributed by atoms with Gasteiger partial charge < -0.3 is 10.2 Å². The standard InChI is InChI=1S/C32H38N4/c1-21(2)27-12-7-8-13-30(27)35-19-18-29-28(20-35)32(25-14-16-26(17-15-25)33-22(3)4)36(34-29)31-23(5)10-9-11-24(31)6/h7-17,21-22,33H,18-20H2,1-6H3. The first-order valence-corrected chi connectivity index (χ1v) is 13.2. The fourth-order valence-corrected chi connectivity index (χ4v) is 5.50. The highest BCUT2D eigenvalue weighted by Gasteiger charge is 2.28. The fraction of sp³-hybridized carbons (Fsp3) is 0.344. The first kappa shape index (κ1) is 24.2. The van der Waals surface area contributed by atoms with Crippen molar-refractivity contribution in [2.45, 2.75) is 66.5 Å². The molecule has 4 aromatic rings. The van der Waals surface area contributed by atoms with Gasteiger partial charge in [0, 0.05) is 48.1 Å². The Morgan fingerprint density at radius 3 is 2.19 bits per heavy atom. The second kappa shape index (κ2) is 9.85. The van der Waals surface area contributed by atoms with Crippen molar-refractivity contribution in [1.29, 1.82) is 0 Å². The third-order valence-electron chi connectivity index (χ3n) is 7.20. The third kappa shape index (κ3) is 4.53. The number of hydrogen-bond acceptors (Lipinski definition) is 3. The lowest BCUT2D eigenvalue weighted by Crippen LogP contribution is -2.31. The second-order valence-corrected chi connectivity index (χ2v) is 10.7. The molecule has 1 aliphatic rings. The Morgan fingerprint density at radius 2 is 1.53 bits per heavy atom. The molecule has 0 radical (unpaired) electrons. The van der Waals surface area contributed by atoms with Crippen molar-refractivity contribution in [3.63, 3.8) is 0 Å². The molecular formula is C32H38N4. The molecule has 186 valence electrons. The van der Waals surface area contributed by atoms with E-state index in [0.717, 1.165) is 25.2 Å². The van der Waals surface area contributed by atoms with E-state index in [0.29, 0.717) is 12.0 Å². The maximum atomic E-state index is 5.25. The maximum absolute atomic E-state index is 5.25. The van der Waals surface area contributed by atoms with Gasteiger partial charge in [0.1, 0.15) is 0 Å². The first-order valence-electron chi connectivity index (χ1n) is 13.2. The van der Waals surface area contributed by atoms with Gasteiger partial charge in [-0.2, -0.15) is 5.10 Å². The molecule has 4 nitrogen and oxygen atoms in total. The van der Waals surface area contributed by atoms with Crippen molar-refractivity contribution in [3.8, 4) is 16.9 Å². The summed E-state index contributed by atoms with van der Waals surface area (Å²) in [5.74, 6) is 0.486. The minimum atomic E-state index is 0.401. The van der Waals surface area contributed by atoms with Crippen LogP contribution < -0.4 is 10.2 Å². The zero-order valence-electron chi connectivity index (χ0n) is 22.5. The van der Waals surface area contributed by atoms with Crippen molar-refractivity contribution in [2.75, 3.05) is 16.8 Å². The number of anilines is 2. The molecule has 0 aliphatic carbocycles. The topological polar surface area (TPSA) is 33.1 Å². The summed E-state index contributed by atoms with van der Waals surface area (Å²) < 4.78 is 2.22. The van der Waals surface area contributed by atoms with Crippen LogP contribution in [0.1, 0.15) is 61.6 Å². The maximum Gasteiger partial charge on any atom is 0.0794 e. The van der Waals surface area contributed by atoms with Crippen molar-refractivity contribution in [3.05, 3.63) is 94.7 Å². The van der Waals surface area contributed by atoms with E-state index in [4.69, 9.17) is 5.10 Å². The summed E-state index contributed by atoms with van der Waals surface area (Å²) in [6.07, 6.45) is 0.944. The molecule has 0 spiro atoms. The van der Waals surface area contributed by atoms with E-state index in [1.165, 1.54) is 50.6 Å². The predicted octanol–water partition coefficient (Wildman–Crippen LogP) is 7.66. The lowest BCUT2D eigenvalue weighted by Gasteiger charge is -2.31. The molecule has 1 aliphatic heterocycles. The minimum absolute atomic E-state index is 0.401. The van der Waals surface area contributed by atoms with E-state index in [1.807, 2.05) is 0 Å². The summed E-state index contributed by atoms with van der Waals surface area (Å²) in [5.41, 5.74) is 12.6. The van der Waals surface area contributed by atoms with Gasteiger partial charge in [-0.15, -0.1) is 0 Å². The van der Waals surface area contributed by atoms with Crippen molar-refractivity contribution in [2.24, 2.45) is 0 Å². The number of aryl methyl sites for hydroxylation is 2. The van der Waals surface area contributed by atoms with Gasteiger partial charge in [0.05, 0.1) is 17.1 Å². The van der Waals surface area contributed by atoms with Crippen LogP contribution >= 0.6 is 0 Å². The number of para-hydroxylation sites is 2. The third-order valence-corrected chi connectivity index (χ3v) is 7.20. The lowest BCUT2D eigenvalue weighted by atomic mass is 9.96. The van der Waals surface area contributed by atoms with Gasteiger partial charge in [0.2, 0.25) is 0 Å². The molecular weight excluding hydrogens is 440 g/mol. The molecule has 0 saturated carbocycles. The molecule has 1 N–H and O–H groups in total. The second-order valence-electron chi connectivity index (χ2n) is 10.7. The number of rotatable bonds is 6. The quantitative estimate of drug-likeness (QED) is 0.309. The molecule has 36 heavy (non-hydrogen) atoms. The van der Waals surface area contributed by atoms with E-state index in [1.54, 1.807) is 0 Å². The molecule has 2 heterocycles. The zero-order valence-corrected chi connectivity index (χ0v) is 22.5. The SMILES string of the molecule is Cc1cccc(C)c1-n1nc2c(c1-c1ccc(NC(C)C)cc1)CN(c1ccccc1C(C)C)CC2. The minimum Gasteiger partial charge on any atom is -0.383 e. The Hall–Kier alpha value is -3.53. The zero-order chi connectivity index (χ0) is 25.4. The highest BCUT2D eigenvalue weighted by Crippen LogP contribution is 2.37. The molecule has 0 unspecified atom stereocenters. The summed E-state index contributed by atoms with van der Waals surface area (Å²) in [4.78, 5) is 2.55. The van der Waals surface area contributed by atoms with Gasteiger partial charge in [-0.25, -0.2) is 4.68 Å². The summed E-state index contributed by atoms with van der Waals surface area (Å²) >= 11 is 0. The highest BCUT2D eigenvalue weighted by molar-refractivity contribution is 5.72. The van der Waals surface area contributed by atoms with Crippen molar-refractivity contribution in [1.82, 2.24) is 9.78 Å². The fourth-order valence-electron chi connectivity index (χ4n) is 5.50. The van der Waals surface area contributed by atoms with Gasteiger partial charge in [-0.1, -0.05) is 62.4 Å². The van der Waals surface area contributed by atoms with E-state index >= 15 is 0 Å². The summed E-state index contributed by atoms with van der Waals surface area (Å²) in [6.45, 7) is 15.1. The van der Waals surface area contributed by atoms with E-state index < -0.39 is 0 Å². The molecule has 1 aromatic heterocycles. The average Bonchev–Trinajstić information content (AvgIpc) is 3.22. The normalized spacial score (nSPS) is 13.4. The van der Waals surface area contributed by atoms with Crippen LogP contribution in [0.5, 0.6) is 0 Å². The van der Waals surface area contributed by atoms with Gasteiger partial charge in [0.25, 0.3) is 0 Å². The number of nitrogens with zero attached hydrogens (tertiary/aromatic N) is 3. The predicted molar refractivity (Wildman–Crippen MR) is 153 cm³/mol. The average molecular weight is 479 g/mol. The van der Waals surface area contributed by atoms with Crippen LogP contribution in [0.4, 0.5) is 11.4 Å². The Morgan fingerprint density at radius 1 is 0.833 bits per heavy atom. The molecule has 5 rings (SSSR count). The van der Waals surface area contributed by atoms with E-state index in [2.05, 4.69) is 123 Å². The van der Waals surface area contributed by atoms with E-state index in [9.17, 15) is 0 Å². The lowest BCUT2D eigenvalue weighted by molar-refractivity contribution is 0.706. The highest BCUT2D eigenvalue weighted by atomic mass is 15.3. The Kier molecular flexibility index (Phi) is 6.61. The van der Waals surface area contributed by atoms with Gasteiger partial charge in [-0.05, 0) is 68.5 Å². The van der Waals surface area contributed by atoms with Crippen molar-refractivity contribution < 1.29 is 0 Å². The Balaban J connectivity index is 1.65. The van der Waals surface area contributed by atoms with Crippen LogP contribution in [0.2, 0.25) is 0 Å². The first-order chi connectivity index (χ1) is 17.3. The van der Waals surface area contributed by atoms with Gasteiger partial charge in [0.15, 0.2) is 0 Å². The summed E-state index contributed by atoms with van der Waals surface area (Å²) in [6, 6.07) is 24.7. The molecule has 3 aromatic carbocycles. The largest absolute Gasteiger partial charge is 0.383 e. The molecule has 4 heteroatoms. The number of hydrogen-bond donors (Lipinski definition) is 1. The number of nitrogens with one attached hydrogen (secondary N) is 1. The van der Waals surface area contributed by atoms with Crippen LogP contribution in [0.15, 0.2) is 66.7 Å². The molecule has 0 atom stereocenters. The molecule has 0 fully saturated rings. The summed E-state index contributed by atoms with van der Waals surface area (Å²) in [7, 11) is 0. The van der Waals surface area contributed by atoms with Crippen molar-refractivity contribution >= 4 is 11.4 Å². The molecule has 0 saturated heterocycles. The monoisotopic (exact) mass is 478 g/mol. The van der Waals surface area contributed by atoms with Crippen LogP contribution in [-0.2, 0) is 13.0 Å². The Bertz CT molecular complexity index is 1340.